The molecular formula is C18H21. The van der Waals surface area contributed by atoms with Gasteiger partial charge in [-0.3, -0.25) is 0 Å². The molecule has 18 heavy (non-hydrogen) atoms. The van der Waals surface area contributed by atoms with Gasteiger partial charge in [0.1, 0.15) is 0 Å². The van der Waals surface area contributed by atoms with E-state index in [0.717, 1.165) is 12.8 Å². The predicted molar refractivity (Wildman–Crippen MR) is 78.8 cm³/mol. The molecule has 1 atom stereocenters. The Hall–Kier alpha value is -1.56. The van der Waals surface area contributed by atoms with E-state index in [2.05, 4.69) is 69.3 Å². The summed E-state index contributed by atoms with van der Waals surface area (Å²) in [5.41, 5.74) is 5.39. The van der Waals surface area contributed by atoms with Crippen LogP contribution in [0.1, 0.15) is 34.6 Å². The van der Waals surface area contributed by atoms with Crippen LogP contribution in [0.15, 0.2) is 48.5 Å². The molecule has 0 saturated heterocycles. The van der Waals surface area contributed by atoms with Gasteiger partial charge in [-0.2, -0.15) is 0 Å². The molecule has 0 saturated carbocycles. The lowest BCUT2D eigenvalue weighted by molar-refractivity contribution is 0.732. The fraction of sp³-hybridized carbons (Fsp3) is 0.278. The molecule has 0 aliphatic carbocycles. The normalized spacial score (nSPS) is 12.4. The third kappa shape index (κ3) is 3.46. The second-order valence-electron chi connectivity index (χ2n) is 5.14. The van der Waals surface area contributed by atoms with Crippen molar-refractivity contribution in [2.45, 2.75) is 32.6 Å². The van der Waals surface area contributed by atoms with Crippen LogP contribution in [0, 0.1) is 20.8 Å². The first kappa shape index (κ1) is 12.9. The average Bonchev–Trinajstić information content (AvgIpc) is 2.38. The molecule has 0 bridgehead atoms. The molecule has 2 aromatic carbocycles. The lowest BCUT2D eigenvalue weighted by Gasteiger charge is -2.12. The number of benzene rings is 2. The third-order valence-electron chi connectivity index (χ3n) is 3.42. The highest BCUT2D eigenvalue weighted by Gasteiger charge is 2.06. The predicted octanol–water partition coefficient (Wildman–Crippen LogP) is 4.85. The van der Waals surface area contributed by atoms with Crippen LogP contribution in [0.4, 0.5) is 0 Å². The summed E-state index contributed by atoms with van der Waals surface area (Å²) in [6.07, 6.45) is 2.20. The van der Waals surface area contributed by atoms with Gasteiger partial charge in [-0.15, -0.1) is 0 Å². The Labute approximate surface area is 111 Å². The molecule has 0 aliphatic heterocycles. The summed E-state index contributed by atoms with van der Waals surface area (Å²) in [5, 5.41) is 0. The maximum absolute atomic E-state index is 4.28. The van der Waals surface area contributed by atoms with Crippen molar-refractivity contribution in [2.24, 2.45) is 0 Å². The molecule has 0 N–H and O–H groups in total. The smallest absolute Gasteiger partial charge is 0.0158 e. The van der Waals surface area contributed by atoms with Gasteiger partial charge in [-0.05, 0) is 50.7 Å². The number of rotatable bonds is 4. The number of aryl methyl sites for hydroxylation is 3. The van der Waals surface area contributed by atoms with Gasteiger partial charge in [0.2, 0.25) is 0 Å². The van der Waals surface area contributed by atoms with E-state index in [4.69, 9.17) is 0 Å². The molecule has 0 amide bonds. The van der Waals surface area contributed by atoms with Gasteiger partial charge < -0.3 is 0 Å². The quantitative estimate of drug-likeness (QED) is 0.712. The molecule has 93 valence electrons. The van der Waals surface area contributed by atoms with E-state index >= 15 is 0 Å². The van der Waals surface area contributed by atoms with Crippen molar-refractivity contribution in [3.8, 4) is 0 Å². The minimum Gasteiger partial charge on any atom is -0.0617 e. The zero-order valence-corrected chi connectivity index (χ0v) is 11.3. The molecule has 0 aliphatic rings. The molecule has 0 fully saturated rings. The van der Waals surface area contributed by atoms with Crippen LogP contribution in [0.5, 0.6) is 0 Å². The van der Waals surface area contributed by atoms with E-state index in [1.165, 1.54) is 22.3 Å². The SMILES string of the molecule is [CH2]C(CCc1ccc(C)cc1)c1cccc(C)c1. The Balaban J connectivity index is 1.96. The third-order valence-corrected chi connectivity index (χ3v) is 3.42. The van der Waals surface area contributed by atoms with Crippen LogP contribution < -0.4 is 0 Å². The van der Waals surface area contributed by atoms with Crippen molar-refractivity contribution in [2.75, 3.05) is 0 Å². The van der Waals surface area contributed by atoms with E-state index in [1.54, 1.807) is 0 Å². The summed E-state index contributed by atoms with van der Waals surface area (Å²) in [4.78, 5) is 0. The molecule has 1 unspecified atom stereocenters. The topological polar surface area (TPSA) is 0 Å². The number of hydrogen-bond donors (Lipinski definition) is 0. The molecule has 2 rings (SSSR count). The van der Waals surface area contributed by atoms with E-state index < -0.39 is 0 Å². The second kappa shape index (κ2) is 5.86. The molecule has 0 spiro atoms. The van der Waals surface area contributed by atoms with Crippen LogP contribution in [0.3, 0.4) is 0 Å². The van der Waals surface area contributed by atoms with Crippen molar-refractivity contribution in [3.63, 3.8) is 0 Å². The standard InChI is InChI=1S/C18H21/c1-14-7-10-17(11-8-14)12-9-16(3)18-6-4-5-15(2)13-18/h4-8,10-11,13,16H,3,9,12H2,1-2H3. The molecular weight excluding hydrogens is 216 g/mol. The zero-order chi connectivity index (χ0) is 13.0. The van der Waals surface area contributed by atoms with Gasteiger partial charge in [0.15, 0.2) is 0 Å². The monoisotopic (exact) mass is 237 g/mol. The van der Waals surface area contributed by atoms with Crippen LogP contribution in [-0.2, 0) is 6.42 Å². The van der Waals surface area contributed by atoms with Crippen molar-refractivity contribution in [1.82, 2.24) is 0 Å². The summed E-state index contributed by atoms with van der Waals surface area (Å²) >= 11 is 0. The summed E-state index contributed by atoms with van der Waals surface area (Å²) in [5.74, 6) is 0.381. The van der Waals surface area contributed by atoms with Crippen LogP contribution in [0.25, 0.3) is 0 Å². The van der Waals surface area contributed by atoms with Crippen LogP contribution >= 0.6 is 0 Å². The van der Waals surface area contributed by atoms with Crippen molar-refractivity contribution < 1.29 is 0 Å². The van der Waals surface area contributed by atoms with E-state index in [0.29, 0.717) is 5.92 Å². The lowest BCUT2D eigenvalue weighted by Crippen LogP contribution is -1.97. The Kier molecular flexibility index (Phi) is 4.19. The summed E-state index contributed by atoms with van der Waals surface area (Å²) in [6, 6.07) is 17.5. The van der Waals surface area contributed by atoms with E-state index in [1.807, 2.05) is 0 Å². The fourth-order valence-electron chi connectivity index (χ4n) is 2.19. The maximum atomic E-state index is 4.28. The van der Waals surface area contributed by atoms with Gasteiger partial charge in [0, 0.05) is 0 Å². The second-order valence-corrected chi connectivity index (χ2v) is 5.14. The first-order valence-electron chi connectivity index (χ1n) is 6.60. The fourth-order valence-corrected chi connectivity index (χ4v) is 2.19. The average molecular weight is 237 g/mol. The Morgan fingerprint density at radius 1 is 0.944 bits per heavy atom. The highest BCUT2D eigenvalue weighted by Crippen LogP contribution is 2.21. The minimum absolute atomic E-state index is 0.381. The van der Waals surface area contributed by atoms with Gasteiger partial charge in [-0.25, -0.2) is 0 Å². The molecule has 0 heteroatoms. The Morgan fingerprint density at radius 2 is 1.67 bits per heavy atom. The molecule has 0 aromatic heterocycles. The Morgan fingerprint density at radius 3 is 2.33 bits per heavy atom. The van der Waals surface area contributed by atoms with Crippen molar-refractivity contribution in [1.29, 1.82) is 0 Å². The molecule has 2 aromatic rings. The Bertz CT molecular complexity index is 494. The lowest BCUT2D eigenvalue weighted by atomic mass is 9.93. The molecule has 0 heterocycles. The van der Waals surface area contributed by atoms with E-state index in [-0.39, 0.29) is 0 Å². The first-order valence-corrected chi connectivity index (χ1v) is 6.60. The summed E-state index contributed by atoms with van der Waals surface area (Å²) < 4.78 is 0. The minimum atomic E-state index is 0.381. The first-order chi connectivity index (χ1) is 8.65. The molecule has 0 nitrogen and oxygen atoms in total. The highest BCUT2D eigenvalue weighted by molar-refractivity contribution is 5.27. The van der Waals surface area contributed by atoms with E-state index in [9.17, 15) is 0 Å². The number of hydrogen-bond acceptors (Lipinski definition) is 0. The summed E-state index contributed by atoms with van der Waals surface area (Å²) in [7, 11) is 0. The zero-order valence-electron chi connectivity index (χ0n) is 11.3. The van der Waals surface area contributed by atoms with Gasteiger partial charge in [-0.1, -0.05) is 59.7 Å². The highest BCUT2D eigenvalue weighted by atomic mass is 14.1. The van der Waals surface area contributed by atoms with Gasteiger partial charge in [0.25, 0.3) is 0 Å². The summed E-state index contributed by atoms with van der Waals surface area (Å²) in [6.45, 7) is 8.54. The maximum Gasteiger partial charge on any atom is -0.0158 e. The van der Waals surface area contributed by atoms with Gasteiger partial charge in [0.05, 0.1) is 0 Å². The van der Waals surface area contributed by atoms with Gasteiger partial charge >= 0.3 is 0 Å². The van der Waals surface area contributed by atoms with Crippen LogP contribution in [-0.4, -0.2) is 0 Å². The van der Waals surface area contributed by atoms with Crippen molar-refractivity contribution in [3.05, 3.63) is 77.7 Å². The largest absolute Gasteiger partial charge is 0.0617 e. The van der Waals surface area contributed by atoms with Crippen LogP contribution in [0.2, 0.25) is 0 Å². The van der Waals surface area contributed by atoms with Crippen molar-refractivity contribution >= 4 is 0 Å². The molecule has 1 radical (unpaired) electrons.